The fourth-order valence-electron chi connectivity index (χ4n) is 6.85. The number of nitrogens with one attached hydrogen (secondary N) is 1. The van der Waals surface area contributed by atoms with Crippen LogP contribution in [0.2, 0.25) is 5.02 Å². The second kappa shape index (κ2) is 11.5. The summed E-state index contributed by atoms with van der Waals surface area (Å²) in [5.74, 6) is 1.30. The van der Waals surface area contributed by atoms with Crippen molar-refractivity contribution in [2.24, 2.45) is 11.8 Å². The van der Waals surface area contributed by atoms with Gasteiger partial charge in [-0.05, 0) is 91.8 Å². The van der Waals surface area contributed by atoms with Crippen molar-refractivity contribution in [3.63, 3.8) is 0 Å². The first-order chi connectivity index (χ1) is 19.8. The van der Waals surface area contributed by atoms with Crippen molar-refractivity contribution < 1.29 is 0 Å². The summed E-state index contributed by atoms with van der Waals surface area (Å²) in [6.07, 6.45) is 3.12. The van der Waals surface area contributed by atoms with Gasteiger partial charge in [-0.25, -0.2) is 0 Å². The van der Waals surface area contributed by atoms with Crippen LogP contribution in [0.15, 0.2) is 79.0 Å². The van der Waals surface area contributed by atoms with Gasteiger partial charge in [0.05, 0.1) is 28.5 Å². The zero-order valence-corrected chi connectivity index (χ0v) is 25.8. The number of nitrogens with zero attached hydrogens (tertiary/aromatic N) is 4. The normalized spacial score (nSPS) is 22.7. The molecule has 2 aromatic heterocycles. The quantitative estimate of drug-likeness (QED) is 0.234. The van der Waals surface area contributed by atoms with Crippen molar-refractivity contribution >= 4 is 40.3 Å². The van der Waals surface area contributed by atoms with Crippen LogP contribution < -0.4 is 15.1 Å². The Hall–Kier alpha value is -3.35. The highest BCUT2D eigenvalue weighted by Gasteiger charge is 2.42. The standard InChI is InChI=1S/C34H38ClN5S/c1-22-16-23(2)20-38(19-22)31-14-13-27(18-29(31)35)40-33(32(37-34(40)41)30-12-8-9-15-36-30)28-17-24(3)39(25(28)4)21-26-10-6-5-7-11-26/h5-15,17-18,22-23,32-33H,16,19-21H2,1-4H3,(H,37,41)/t22-,23+,32-,33+/m1/s1. The predicted octanol–water partition coefficient (Wildman–Crippen LogP) is 7.86. The molecule has 2 fully saturated rings. The molecule has 0 aliphatic carbocycles. The molecule has 0 radical (unpaired) electrons. The Morgan fingerprint density at radius 3 is 2.37 bits per heavy atom. The number of thiocarbonyl (C=S) groups is 1. The summed E-state index contributed by atoms with van der Waals surface area (Å²) >= 11 is 13.1. The highest BCUT2D eigenvalue weighted by atomic mass is 35.5. The lowest BCUT2D eigenvalue weighted by molar-refractivity contribution is 0.357. The summed E-state index contributed by atoms with van der Waals surface area (Å²) in [7, 11) is 0. The number of halogens is 1. The van der Waals surface area contributed by atoms with E-state index in [1.807, 2.05) is 18.3 Å². The predicted molar refractivity (Wildman–Crippen MR) is 174 cm³/mol. The van der Waals surface area contributed by atoms with Gasteiger partial charge in [0.2, 0.25) is 0 Å². The first-order valence-corrected chi connectivity index (χ1v) is 15.3. The molecule has 0 saturated carbocycles. The maximum Gasteiger partial charge on any atom is 0.174 e. The van der Waals surface area contributed by atoms with E-state index in [4.69, 9.17) is 28.8 Å². The molecule has 4 aromatic rings. The molecule has 0 unspecified atom stereocenters. The number of aromatic nitrogens is 2. The summed E-state index contributed by atoms with van der Waals surface area (Å²) in [5, 5.41) is 5.06. The number of benzene rings is 2. The summed E-state index contributed by atoms with van der Waals surface area (Å²) in [4.78, 5) is 9.42. The fraction of sp³-hybridized carbons (Fsp3) is 0.353. The van der Waals surface area contributed by atoms with Crippen LogP contribution >= 0.6 is 23.8 Å². The lowest BCUT2D eigenvalue weighted by Crippen LogP contribution is -2.38. The van der Waals surface area contributed by atoms with Crippen molar-refractivity contribution in [3.05, 3.63) is 112 Å². The second-order valence-electron chi connectivity index (χ2n) is 11.9. The van der Waals surface area contributed by atoms with Gasteiger partial charge in [-0.15, -0.1) is 0 Å². The van der Waals surface area contributed by atoms with Gasteiger partial charge in [-0.3, -0.25) is 4.98 Å². The van der Waals surface area contributed by atoms with E-state index in [-0.39, 0.29) is 12.1 Å². The molecular formula is C34H38ClN5S. The maximum absolute atomic E-state index is 7.03. The number of rotatable bonds is 6. The number of piperidine rings is 1. The second-order valence-corrected chi connectivity index (χ2v) is 12.7. The number of anilines is 2. The summed E-state index contributed by atoms with van der Waals surface area (Å²) in [6.45, 7) is 12.0. The Kier molecular flexibility index (Phi) is 7.80. The molecule has 5 nitrogen and oxygen atoms in total. The molecule has 2 saturated heterocycles. The third-order valence-electron chi connectivity index (χ3n) is 8.63. The molecule has 4 atom stereocenters. The summed E-state index contributed by atoms with van der Waals surface area (Å²) in [6, 6.07) is 25.3. The first-order valence-electron chi connectivity index (χ1n) is 14.6. The van der Waals surface area contributed by atoms with Crippen molar-refractivity contribution in [1.82, 2.24) is 14.9 Å². The van der Waals surface area contributed by atoms with Crippen LogP contribution in [0.3, 0.4) is 0 Å². The molecule has 6 rings (SSSR count). The highest BCUT2D eigenvalue weighted by Crippen LogP contribution is 2.45. The molecule has 1 N–H and O–H groups in total. The lowest BCUT2D eigenvalue weighted by Gasteiger charge is -2.37. The van der Waals surface area contributed by atoms with Gasteiger partial charge in [0, 0.05) is 42.9 Å². The van der Waals surface area contributed by atoms with Crippen LogP contribution in [-0.2, 0) is 6.54 Å². The van der Waals surface area contributed by atoms with Crippen LogP contribution in [0.4, 0.5) is 11.4 Å². The molecule has 7 heteroatoms. The number of pyridine rings is 1. The number of hydrogen-bond acceptors (Lipinski definition) is 3. The van der Waals surface area contributed by atoms with Gasteiger partial charge in [-0.1, -0.05) is 61.8 Å². The Morgan fingerprint density at radius 2 is 1.68 bits per heavy atom. The molecular weight excluding hydrogens is 546 g/mol. The third kappa shape index (κ3) is 5.47. The SMILES string of the molecule is Cc1cc([C@H]2[C@@H](c3ccccn3)NC(=S)N2c2ccc(N3C[C@H](C)C[C@H](C)C3)c(Cl)c2)c(C)n1Cc1ccccc1. The van der Waals surface area contributed by atoms with E-state index >= 15 is 0 Å². The van der Waals surface area contributed by atoms with Gasteiger partial charge < -0.3 is 19.7 Å². The van der Waals surface area contributed by atoms with E-state index in [0.29, 0.717) is 16.9 Å². The minimum Gasteiger partial charge on any atom is -0.370 e. The zero-order valence-electron chi connectivity index (χ0n) is 24.2. The topological polar surface area (TPSA) is 36.3 Å². The Bertz CT molecular complexity index is 1530. The van der Waals surface area contributed by atoms with E-state index in [9.17, 15) is 0 Å². The molecule has 212 valence electrons. The summed E-state index contributed by atoms with van der Waals surface area (Å²) < 4.78 is 2.40. The summed E-state index contributed by atoms with van der Waals surface area (Å²) in [5.41, 5.74) is 8.03. The van der Waals surface area contributed by atoms with E-state index in [1.54, 1.807) is 0 Å². The van der Waals surface area contributed by atoms with Crippen molar-refractivity contribution in [2.45, 2.75) is 52.7 Å². The monoisotopic (exact) mass is 583 g/mol. The zero-order chi connectivity index (χ0) is 28.7. The third-order valence-corrected chi connectivity index (χ3v) is 9.25. The van der Waals surface area contributed by atoms with Crippen LogP contribution in [0, 0.1) is 25.7 Å². The average Bonchev–Trinajstić information content (AvgIpc) is 3.44. The van der Waals surface area contributed by atoms with Gasteiger partial charge in [0.15, 0.2) is 5.11 Å². The van der Waals surface area contributed by atoms with Crippen LogP contribution in [-0.4, -0.2) is 27.8 Å². The van der Waals surface area contributed by atoms with Crippen LogP contribution in [0.25, 0.3) is 0 Å². The largest absolute Gasteiger partial charge is 0.370 e. The van der Waals surface area contributed by atoms with Gasteiger partial charge in [-0.2, -0.15) is 0 Å². The minimum atomic E-state index is -0.100. The first kappa shape index (κ1) is 27.8. The van der Waals surface area contributed by atoms with Crippen LogP contribution in [0.1, 0.15) is 60.6 Å². The Balaban J connectivity index is 1.40. The van der Waals surface area contributed by atoms with E-state index in [2.05, 4.69) is 108 Å². The van der Waals surface area contributed by atoms with E-state index < -0.39 is 0 Å². The van der Waals surface area contributed by atoms with Crippen molar-refractivity contribution in [3.8, 4) is 0 Å². The molecule has 4 heterocycles. The van der Waals surface area contributed by atoms with Crippen LogP contribution in [0.5, 0.6) is 0 Å². The minimum absolute atomic E-state index is 0.0786. The average molecular weight is 584 g/mol. The van der Waals surface area contributed by atoms with Crippen molar-refractivity contribution in [2.75, 3.05) is 22.9 Å². The van der Waals surface area contributed by atoms with Gasteiger partial charge >= 0.3 is 0 Å². The molecule has 2 aromatic carbocycles. The Morgan fingerprint density at radius 1 is 0.951 bits per heavy atom. The van der Waals surface area contributed by atoms with E-state index in [0.717, 1.165) is 41.7 Å². The molecule has 0 bridgehead atoms. The molecule has 2 aliphatic rings. The lowest BCUT2D eigenvalue weighted by atomic mass is 9.91. The highest BCUT2D eigenvalue weighted by molar-refractivity contribution is 7.80. The smallest absolute Gasteiger partial charge is 0.174 e. The molecule has 2 aliphatic heterocycles. The Labute approximate surface area is 254 Å². The maximum atomic E-state index is 7.03. The van der Waals surface area contributed by atoms with Gasteiger partial charge in [0.1, 0.15) is 0 Å². The molecule has 41 heavy (non-hydrogen) atoms. The van der Waals surface area contributed by atoms with Gasteiger partial charge in [0.25, 0.3) is 0 Å². The van der Waals surface area contributed by atoms with Crippen molar-refractivity contribution in [1.29, 1.82) is 0 Å². The molecule has 0 spiro atoms. The van der Waals surface area contributed by atoms with E-state index in [1.165, 1.54) is 28.9 Å². The number of hydrogen-bond donors (Lipinski definition) is 1. The number of aryl methyl sites for hydroxylation is 1. The molecule has 0 amide bonds. The fourth-order valence-corrected chi connectivity index (χ4v) is 7.49.